The summed E-state index contributed by atoms with van der Waals surface area (Å²) in [6, 6.07) is 9.99. The van der Waals surface area contributed by atoms with Crippen LogP contribution in [0.25, 0.3) is 0 Å². The molecule has 0 unspecified atom stereocenters. The highest BCUT2D eigenvalue weighted by Crippen LogP contribution is 2.26. The summed E-state index contributed by atoms with van der Waals surface area (Å²) in [5.74, 6) is -1.23. The second kappa shape index (κ2) is 8.30. The molecule has 0 radical (unpaired) electrons. The number of benzene rings is 2. The maximum atomic E-state index is 11.6. The van der Waals surface area contributed by atoms with Crippen LogP contribution >= 0.6 is 11.6 Å². The summed E-state index contributed by atoms with van der Waals surface area (Å²) in [5, 5.41) is 8.90. The summed E-state index contributed by atoms with van der Waals surface area (Å²) in [6.07, 6.45) is 1.59. The first kappa shape index (κ1) is 18.5. The van der Waals surface area contributed by atoms with Gasteiger partial charge in [-0.3, -0.25) is 4.99 Å². The van der Waals surface area contributed by atoms with Gasteiger partial charge in [0.05, 0.1) is 23.4 Å². The topological polar surface area (TPSA) is 85.2 Å². The zero-order valence-corrected chi connectivity index (χ0v) is 14.4. The molecule has 0 saturated carbocycles. The highest BCUT2D eigenvalue weighted by Gasteiger charge is 2.08. The first-order chi connectivity index (χ1) is 11.9. The van der Waals surface area contributed by atoms with Crippen molar-refractivity contribution in [3.8, 4) is 5.75 Å². The van der Waals surface area contributed by atoms with Gasteiger partial charge in [-0.2, -0.15) is 0 Å². The molecular formula is C18H16ClNO5. The number of rotatable bonds is 6. The fourth-order valence-electron chi connectivity index (χ4n) is 1.99. The summed E-state index contributed by atoms with van der Waals surface area (Å²) in [5.41, 5.74) is 2.65. The number of hydrogen-bond acceptors (Lipinski definition) is 5. The number of aryl methyl sites for hydroxylation is 1. The van der Waals surface area contributed by atoms with E-state index >= 15 is 0 Å². The lowest BCUT2D eigenvalue weighted by atomic mass is 10.1. The number of carbonyl (C=O) groups excluding carboxylic acids is 1. The van der Waals surface area contributed by atoms with Gasteiger partial charge in [-0.05, 0) is 48.4 Å². The van der Waals surface area contributed by atoms with Gasteiger partial charge in [-0.1, -0.05) is 17.7 Å². The fourth-order valence-corrected chi connectivity index (χ4v) is 2.23. The quantitative estimate of drug-likeness (QED) is 0.627. The lowest BCUT2D eigenvalue weighted by molar-refractivity contribution is -0.139. The minimum atomic E-state index is -1.08. The lowest BCUT2D eigenvalue weighted by Gasteiger charge is -2.06. The molecule has 6 nitrogen and oxygen atoms in total. The molecule has 0 aliphatic rings. The number of ether oxygens (including phenoxy) is 2. The molecule has 0 fully saturated rings. The van der Waals surface area contributed by atoms with Crippen molar-refractivity contribution in [3.05, 3.63) is 58.1 Å². The molecule has 130 valence electrons. The number of hydrogen-bond donors (Lipinski definition) is 1. The Hall–Kier alpha value is -2.86. The van der Waals surface area contributed by atoms with Crippen molar-refractivity contribution in [3.63, 3.8) is 0 Å². The smallest absolute Gasteiger partial charge is 0.341 e. The van der Waals surface area contributed by atoms with Gasteiger partial charge in [0.15, 0.2) is 6.61 Å². The van der Waals surface area contributed by atoms with Crippen LogP contribution in [0.1, 0.15) is 21.5 Å². The van der Waals surface area contributed by atoms with Gasteiger partial charge in [-0.25, -0.2) is 9.59 Å². The predicted octanol–water partition coefficient (Wildman–Crippen LogP) is 3.65. The maximum absolute atomic E-state index is 11.6. The summed E-state index contributed by atoms with van der Waals surface area (Å²) < 4.78 is 9.76. The summed E-state index contributed by atoms with van der Waals surface area (Å²) >= 11 is 6.07. The number of carbonyl (C=O) groups is 2. The Labute approximate surface area is 149 Å². The van der Waals surface area contributed by atoms with Gasteiger partial charge in [0, 0.05) is 6.21 Å². The molecule has 25 heavy (non-hydrogen) atoms. The van der Waals surface area contributed by atoms with Crippen molar-refractivity contribution in [1.82, 2.24) is 0 Å². The second-order valence-electron chi connectivity index (χ2n) is 5.12. The second-order valence-corrected chi connectivity index (χ2v) is 5.53. The minimum absolute atomic E-state index is 0.282. The number of aliphatic imine (C=N–C) groups is 1. The lowest BCUT2D eigenvalue weighted by Crippen LogP contribution is -2.09. The third-order valence-electron chi connectivity index (χ3n) is 3.29. The summed E-state index contributed by atoms with van der Waals surface area (Å²) in [7, 11) is 1.32. The molecule has 0 aliphatic heterocycles. The zero-order valence-electron chi connectivity index (χ0n) is 13.7. The average Bonchev–Trinajstić information content (AvgIpc) is 2.59. The van der Waals surface area contributed by atoms with E-state index in [0.29, 0.717) is 16.8 Å². The molecule has 0 saturated heterocycles. The van der Waals surface area contributed by atoms with Crippen LogP contribution in [0, 0.1) is 6.92 Å². The molecule has 0 aliphatic carbocycles. The van der Waals surface area contributed by atoms with Gasteiger partial charge in [0.25, 0.3) is 0 Å². The van der Waals surface area contributed by atoms with Crippen LogP contribution in [-0.2, 0) is 9.53 Å². The van der Waals surface area contributed by atoms with E-state index in [1.54, 1.807) is 42.6 Å². The molecule has 0 heterocycles. The van der Waals surface area contributed by atoms with E-state index in [1.165, 1.54) is 7.11 Å². The van der Waals surface area contributed by atoms with Crippen molar-refractivity contribution >= 4 is 35.4 Å². The van der Waals surface area contributed by atoms with Crippen molar-refractivity contribution < 1.29 is 24.2 Å². The van der Waals surface area contributed by atoms with Crippen LogP contribution in [0.15, 0.2) is 41.4 Å². The summed E-state index contributed by atoms with van der Waals surface area (Å²) in [6.45, 7) is 1.41. The highest BCUT2D eigenvalue weighted by atomic mass is 35.5. The van der Waals surface area contributed by atoms with Gasteiger partial charge >= 0.3 is 11.9 Å². The van der Waals surface area contributed by atoms with E-state index in [-0.39, 0.29) is 10.8 Å². The van der Waals surface area contributed by atoms with E-state index in [1.807, 2.05) is 6.92 Å². The highest BCUT2D eigenvalue weighted by molar-refractivity contribution is 6.32. The number of carboxylic acid groups (broad SMARTS) is 1. The van der Waals surface area contributed by atoms with Gasteiger partial charge in [0.1, 0.15) is 5.75 Å². The Balaban J connectivity index is 2.20. The van der Waals surface area contributed by atoms with E-state index in [9.17, 15) is 9.59 Å². The molecule has 7 heteroatoms. The number of nitrogens with zero attached hydrogens (tertiary/aromatic N) is 1. The SMILES string of the molecule is COC(=O)c1ccc(C)c(N=Cc2ccc(OCC(=O)O)c(Cl)c2)c1. The molecule has 1 N–H and O–H groups in total. The molecule has 0 aromatic heterocycles. The zero-order chi connectivity index (χ0) is 18.4. The van der Waals surface area contributed by atoms with Crippen LogP contribution < -0.4 is 4.74 Å². The van der Waals surface area contributed by atoms with E-state index in [4.69, 9.17) is 26.2 Å². The molecule has 2 aromatic rings. The number of esters is 1. The van der Waals surface area contributed by atoms with Gasteiger partial charge in [-0.15, -0.1) is 0 Å². The van der Waals surface area contributed by atoms with Crippen LogP contribution in [0.4, 0.5) is 5.69 Å². The monoisotopic (exact) mass is 361 g/mol. The summed E-state index contributed by atoms with van der Waals surface area (Å²) in [4.78, 5) is 26.5. The van der Waals surface area contributed by atoms with Crippen molar-refractivity contribution in [2.75, 3.05) is 13.7 Å². The molecule has 2 rings (SSSR count). The van der Waals surface area contributed by atoms with E-state index < -0.39 is 18.5 Å². The Morgan fingerprint density at radius 1 is 1.24 bits per heavy atom. The molecule has 0 atom stereocenters. The maximum Gasteiger partial charge on any atom is 0.341 e. The first-order valence-corrected chi connectivity index (χ1v) is 7.65. The largest absolute Gasteiger partial charge is 0.480 e. The van der Waals surface area contributed by atoms with E-state index in [0.717, 1.165) is 5.56 Å². The minimum Gasteiger partial charge on any atom is -0.480 e. The first-order valence-electron chi connectivity index (χ1n) is 7.28. The Kier molecular flexibility index (Phi) is 6.14. The molecule has 0 bridgehead atoms. The Morgan fingerprint density at radius 3 is 2.64 bits per heavy atom. The van der Waals surface area contributed by atoms with E-state index in [2.05, 4.69) is 4.99 Å². The molecule has 2 aromatic carbocycles. The van der Waals surface area contributed by atoms with Crippen LogP contribution in [-0.4, -0.2) is 37.0 Å². The Morgan fingerprint density at radius 2 is 2.00 bits per heavy atom. The standard InChI is InChI=1S/C18H16ClNO5/c1-11-3-5-13(18(23)24-2)8-15(11)20-9-12-4-6-16(14(19)7-12)25-10-17(21)22/h3-9H,10H2,1-2H3,(H,21,22). The molecule has 0 spiro atoms. The fraction of sp³-hybridized carbons (Fsp3) is 0.167. The van der Waals surface area contributed by atoms with Gasteiger partial charge < -0.3 is 14.6 Å². The number of aliphatic carboxylic acids is 1. The predicted molar refractivity (Wildman–Crippen MR) is 94.4 cm³/mol. The molecular weight excluding hydrogens is 346 g/mol. The van der Waals surface area contributed by atoms with Crippen molar-refractivity contribution in [2.24, 2.45) is 4.99 Å². The van der Waals surface area contributed by atoms with Crippen LogP contribution in [0.3, 0.4) is 0 Å². The number of carboxylic acids is 1. The average molecular weight is 362 g/mol. The Bertz CT molecular complexity index is 832. The molecule has 0 amide bonds. The van der Waals surface area contributed by atoms with Crippen LogP contribution in [0.5, 0.6) is 5.75 Å². The van der Waals surface area contributed by atoms with Crippen molar-refractivity contribution in [2.45, 2.75) is 6.92 Å². The third-order valence-corrected chi connectivity index (χ3v) is 3.59. The van der Waals surface area contributed by atoms with Gasteiger partial charge in [0.2, 0.25) is 0 Å². The number of methoxy groups -OCH3 is 1. The number of halogens is 1. The normalized spacial score (nSPS) is 10.7. The van der Waals surface area contributed by atoms with Crippen LogP contribution in [0.2, 0.25) is 5.02 Å². The third kappa shape index (κ3) is 5.06. The van der Waals surface area contributed by atoms with Crippen molar-refractivity contribution in [1.29, 1.82) is 0 Å².